The first-order chi connectivity index (χ1) is 13.2. The summed E-state index contributed by atoms with van der Waals surface area (Å²) in [6.45, 7) is 1.92. The highest BCUT2D eigenvalue weighted by Crippen LogP contribution is 2.33. The zero-order valence-electron chi connectivity index (χ0n) is 14.8. The monoisotopic (exact) mass is 452 g/mol. The van der Waals surface area contributed by atoms with Crippen LogP contribution in [0.4, 0.5) is 13.2 Å². The number of aromatic carboxylic acids is 1. The van der Waals surface area contributed by atoms with Crippen LogP contribution in [0.15, 0.2) is 53.0 Å². The van der Waals surface area contributed by atoms with Crippen LogP contribution in [0.5, 0.6) is 0 Å². The van der Waals surface area contributed by atoms with Crippen molar-refractivity contribution in [3.8, 4) is 16.9 Å². The fourth-order valence-electron chi connectivity index (χ4n) is 2.96. The number of nitrogens with zero attached hydrogens (tertiary/aromatic N) is 2. The molecule has 3 aromatic rings. The molecule has 8 heteroatoms. The molecule has 0 saturated heterocycles. The summed E-state index contributed by atoms with van der Waals surface area (Å²) in [6.07, 6.45) is -3.31. The number of hydrogen-bond donors (Lipinski definition) is 1. The fraction of sp³-hybridized carbons (Fsp3) is 0.200. The minimum absolute atomic E-state index is 0.00419. The molecule has 0 unspecified atom stereocenters. The Morgan fingerprint density at radius 1 is 1.11 bits per heavy atom. The highest BCUT2D eigenvalue weighted by Gasteiger charge is 2.31. The Bertz CT molecular complexity index is 994. The molecule has 0 atom stereocenters. The van der Waals surface area contributed by atoms with Gasteiger partial charge in [-0.2, -0.15) is 18.3 Å². The SMILES string of the molecule is CCCc1c(C(=O)O)c(-c2ccc(C(F)(F)F)cc2)nn1-c1ccc(Br)cc1. The number of aromatic nitrogens is 2. The van der Waals surface area contributed by atoms with Gasteiger partial charge in [-0.1, -0.05) is 41.4 Å². The molecule has 4 nitrogen and oxygen atoms in total. The van der Waals surface area contributed by atoms with E-state index in [0.29, 0.717) is 29.8 Å². The lowest BCUT2D eigenvalue weighted by atomic mass is 10.0. The predicted molar refractivity (Wildman–Crippen MR) is 103 cm³/mol. The van der Waals surface area contributed by atoms with Gasteiger partial charge in [-0.05, 0) is 42.8 Å². The third kappa shape index (κ3) is 3.96. The topological polar surface area (TPSA) is 55.1 Å². The van der Waals surface area contributed by atoms with Gasteiger partial charge < -0.3 is 5.11 Å². The molecular formula is C20H16BrF3N2O2. The third-order valence-corrected chi connectivity index (χ3v) is 4.77. The molecule has 0 aliphatic carbocycles. The normalized spacial score (nSPS) is 11.6. The van der Waals surface area contributed by atoms with Crippen molar-refractivity contribution in [3.05, 3.63) is 69.8 Å². The zero-order valence-corrected chi connectivity index (χ0v) is 16.4. The van der Waals surface area contributed by atoms with Crippen molar-refractivity contribution >= 4 is 21.9 Å². The van der Waals surface area contributed by atoms with Crippen molar-refractivity contribution < 1.29 is 23.1 Å². The van der Waals surface area contributed by atoms with E-state index < -0.39 is 17.7 Å². The van der Waals surface area contributed by atoms with Crippen molar-refractivity contribution in [1.82, 2.24) is 9.78 Å². The molecule has 0 spiro atoms. The highest BCUT2D eigenvalue weighted by molar-refractivity contribution is 9.10. The van der Waals surface area contributed by atoms with Crippen LogP contribution < -0.4 is 0 Å². The van der Waals surface area contributed by atoms with Crippen molar-refractivity contribution in [2.24, 2.45) is 0 Å². The quantitative estimate of drug-likeness (QED) is 0.518. The van der Waals surface area contributed by atoms with Crippen molar-refractivity contribution in [1.29, 1.82) is 0 Å². The molecule has 2 aromatic carbocycles. The Kier molecular flexibility index (Phi) is 5.60. The van der Waals surface area contributed by atoms with Crippen LogP contribution >= 0.6 is 15.9 Å². The Labute approximate surface area is 167 Å². The second-order valence-electron chi connectivity index (χ2n) is 6.19. The van der Waals surface area contributed by atoms with Gasteiger partial charge in [0, 0.05) is 10.0 Å². The van der Waals surface area contributed by atoms with Crippen LogP contribution in [0.25, 0.3) is 16.9 Å². The third-order valence-electron chi connectivity index (χ3n) is 4.24. The number of hydrogen-bond acceptors (Lipinski definition) is 2. The number of alkyl halides is 3. The molecule has 3 rings (SSSR count). The second-order valence-corrected chi connectivity index (χ2v) is 7.10. The molecule has 146 valence electrons. The Hall–Kier alpha value is -2.61. The van der Waals surface area contributed by atoms with E-state index in [0.717, 1.165) is 16.6 Å². The number of halogens is 4. The summed E-state index contributed by atoms with van der Waals surface area (Å²) in [7, 11) is 0. The maximum absolute atomic E-state index is 12.8. The van der Waals surface area contributed by atoms with Crippen LogP contribution in [0, 0.1) is 0 Å². The Morgan fingerprint density at radius 3 is 2.21 bits per heavy atom. The van der Waals surface area contributed by atoms with Gasteiger partial charge in [0.15, 0.2) is 0 Å². The maximum Gasteiger partial charge on any atom is 0.416 e. The van der Waals surface area contributed by atoms with Gasteiger partial charge >= 0.3 is 12.1 Å². The van der Waals surface area contributed by atoms with Crippen molar-refractivity contribution in [2.45, 2.75) is 25.9 Å². The minimum atomic E-state index is -4.46. The summed E-state index contributed by atoms with van der Waals surface area (Å²) in [6, 6.07) is 11.6. The zero-order chi connectivity index (χ0) is 20.5. The number of carbonyl (C=O) groups is 1. The molecule has 0 fully saturated rings. The van der Waals surface area contributed by atoms with E-state index in [9.17, 15) is 23.1 Å². The summed E-state index contributed by atoms with van der Waals surface area (Å²) in [4.78, 5) is 12.0. The smallest absolute Gasteiger partial charge is 0.416 e. The molecule has 0 aliphatic rings. The van der Waals surface area contributed by atoms with E-state index in [1.807, 2.05) is 19.1 Å². The van der Waals surface area contributed by atoms with Crippen LogP contribution in [-0.2, 0) is 12.6 Å². The lowest BCUT2D eigenvalue weighted by molar-refractivity contribution is -0.137. The largest absolute Gasteiger partial charge is 0.478 e. The van der Waals surface area contributed by atoms with Crippen LogP contribution in [0.1, 0.15) is 35.0 Å². The minimum Gasteiger partial charge on any atom is -0.478 e. The molecule has 1 aromatic heterocycles. The van der Waals surface area contributed by atoms with E-state index in [4.69, 9.17) is 0 Å². The van der Waals surface area contributed by atoms with Crippen LogP contribution in [0.2, 0.25) is 0 Å². The average molecular weight is 453 g/mol. The molecule has 0 saturated carbocycles. The fourth-order valence-corrected chi connectivity index (χ4v) is 3.22. The van der Waals surface area contributed by atoms with Crippen LogP contribution in [-0.4, -0.2) is 20.9 Å². The predicted octanol–water partition coefficient (Wildman–Crippen LogP) is 5.97. The summed E-state index contributed by atoms with van der Waals surface area (Å²) in [5.41, 5.74) is 0.851. The van der Waals surface area contributed by atoms with E-state index in [2.05, 4.69) is 21.0 Å². The maximum atomic E-state index is 12.8. The first-order valence-electron chi connectivity index (χ1n) is 8.51. The van der Waals surface area contributed by atoms with Crippen molar-refractivity contribution in [2.75, 3.05) is 0 Å². The highest BCUT2D eigenvalue weighted by atomic mass is 79.9. The first-order valence-corrected chi connectivity index (χ1v) is 9.30. The molecule has 1 N–H and O–H groups in total. The number of benzene rings is 2. The van der Waals surface area contributed by atoms with Gasteiger partial charge in [-0.25, -0.2) is 9.48 Å². The Balaban J connectivity index is 2.19. The van der Waals surface area contributed by atoms with Gasteiger partial charge in [-0.15, -0.1) is 0 Å². The molecule has 0 amide bonds. The van der Waals surface area contributed by atoms with E-state index in [1.165, 1.54) is 12.1 Å². The van der Waals surface area contributed by atoms with Gasteiger partial charge in [0.1, 0.15) is 11.3 Å². The molecular weight excluding hydrogens is 437 g/mol. The summed E-state index contributed by atoms with van der Waals surface area (Å²) in [5, 5.41) is 14.2. The molecule has 0 aliphatic heterocycles. The van der Waals surface area contributed by atoms with E-state index in [-0.39, 0.29) is 11.3 Å². The van der Waals surface area contributed by atoms with Gasteiger partial charge in [-0.3, -0.25) is 0 Å². The second kappa shape index (κ2) is 7.79. The average Bonchev–Trinajstić information content (AvgIpc) is 3.02. The first kappa shape index (κ1) is 20.1. The van der Waals surface area contributed by atoms with Crippen LogP contribution in [0.3, 0.4) is 0 Å². The van der Waals surface area contributed by atoms with E-state index in [1.54, 1.807) is 16.8 Å². The lowest BCUT2D eigenvalue weighted by Gasteiger charge is -2.07. The molecule has 0 bridgehead atoms. The molecule has 28 heavy (non-hydrogen) atoms. The lowest BCUT2D eigenvalue weighted by Crippen LogP contribution is -2.06. The summed E-state index contributed by atoms with van der Waals surface area (Å²) >= 11 is 3.35. The molecule has 1 heterocycles. The number of rotatable bonds is 5. The van der Waals surface area contributed by atoms with Crippen molar-refractivity contribution in [3.63, 3.8) is 0 Å². The standard InChI is InChI=1S/C20H16BrF3N2O2/c1-2-3-16-17(19(27)28)18(12-4-6-13(7-5-12)20(22,23)24)25-26(16)15-10-8-14(21)9-11-15/h4-11H,2-3H2,1H3,(H,27,28). The van der Waals surface area contributed by atoms with E-state index >= 15 is 0 Å². The number of carboxylic acid groups (broad SMARTS) is 1. The van der Waals surface area contributed by atoms with Gasteiger partial charge in [0.05, 0.1) is 16.9 Å². The summed E-state index contributed by atoms with van der Waals surface area (Å²) < 4.78 is 40.9. The Morgan fingerprint density at radius 2 is 1.71 bits per heavy atom. The van der Waals surface area contributed by atoms with Gasteiger partial charge in [0.2, 0.25) is 0 Å². The summed E-state index contributed by atoms with van der Waals surface area (Å²) in [5.74, 6) is -1.17. The van der Waals surface area contributed by atoms with Gasteiger partial charge in [0.25, 0.3) is 0 Å². The number of carboxylic acids is 1. The molecule has 0 radical (unpaired) electrons.